The molecule has 1 unspecified atom stereocenters. The number of hydrogen-bond donors (Lipinski definition) is 1. The summed E-state index contributed by atoms with van der Waals surface area (Å²) in [5.74, 6) is 0. The van der Waals surface area contributed by atoms with Gasteiger partial charge in [-0.2, -0.15) is 0 Å². The highest BCUT2D eigenvalue weighted by molar-refractivity contribution is 5.19. The zero-order valence-corrected chi connectivity index (χ0v) is 2.94. The van der Waals surface area contributed by atoms with Gasteiger partial charge in [-0.1, -0.05) is 6.58 Å². The van der Waals surface area contributed by atoms with Gasteiger partial charge in [0.2, 0.25) is 0 Å². The van der Waals surface area contributed by atoms with Crippen LogP contribution in [0.3, 0.4) is 0 Å². The van der Waals surface area contributed by atoms with Crippen molar-refractivity contribution >= 4 is 0 Å². The topological polar surface area (TPSA) is 20.2 Å². The second kappa shape index (κ2) is 0.601. The van der Waals surface area contributed by atoms with Crippen LogP contribution in [-0.4, -0.2) is 11.2 Å². The number of rotatable bonds is 0. The number of aliphatic hydroxyl groups excluding tert-OH is 1. The van der Waals surface area contributed by atoms with Crippen LogP contribution in [0.5, 0.6) is 0 Å². The van der Waals surface area contributed by atoms with Crippen molar-refractivity contribution in [2.45, 2.75) is 12.5 Å². The largest absolute Gasteiger partial charge is 0.388 e. The molecule has 28 valence electrons. The van der Waals surface area contributed by atoms with Crippen LogP contribution < -0.4 is 0 Å². The normalized spacial score (nSPS) is 34.6. The molecule has 0 amide bonds. The first kappa shape index (κ1) is 2.91. The number of aliphatic hydroxyl groups is 1. The van der Waals surface area contributed by atoms with E-state index in [1.54, 1.807) is 0 Å². The van der Waals surface area contributed by atoms with Crippen molar-refractivity contribution in [2.24, 2.45) is 0 Å². The fourth-order valence-electron chi connectivity index (χ4n) is 0.189. The third-order valence-electron chi connectivity index (χ3n) is 0.767. The Morgan fingerprint density at radius 3 is 2.20 bits per heavy atom. The standard InChI is InChI=1S/C4H6O/c1-3-2-4(3)5/h4-5H,1-2H2. The molecule has 0 aliphatic heterocycles. The Kier molecular flexibility index (Phi) is 0.350. The molecule has 0 aromatic heterocycles. The van der Waals surface area contributed by atoms with Crippen molar-refractivity contribution in [3.63, 3.8) is 0 Å². The zero-order valence-electron chi connectivity index (χ0n) is 2.94. The zero-order chi connectivity index (χ0) is 3.86. The van der Waals surface area contributed by atoms with Crippen LogP contribution in [0.4, 0.5) is 0 Å². The Labute approximate surface area is 30.9 Å². The molecule has 1 rings (SSSR count). The average molecular weight is 70.1 g/mol. The van der Waals surface area contributed by atoms with E-state index in [0.717, 1.165) is 12.0 Å². The van der Waals surface area contributed by atoms with E-state index in [-0.39, 0.29) is 6.10 Å². The molecular formula is C4H6O. The van der Waals surface area contributed by atoms with E-state index >= 15 is 0 Å². The smallest absolute Gasteiger partial charge is 0.0786 e. The van der Waals surface area contributed by atoms with Gasteiger partial charge in [0.25, 0.3) is 0 Å². The summed E-state index contributed by atoms with van der Waals surface area (Å²) in [5.41, 5.74) is 0.977. The van der Waals surface area contributed by atoms with E-state index < -0.39 is 0 Å². The predicted molar refractivity (Wildman–Crippen MR) is 19.8 cm³/mol. The van der Waals surface area contributed by atoms with Gasteiger partial charge in [0.05, 0.1) is 6.10 Å². The van der Waals surface area contributed by atoms with Crippen molar-refractivity contribution in [2.75, 3.05) is 0 Å². The van der Waals surface area contributed by atoms with Crippen LogP contribution in [0.15, 0.2) is 12.2 Å². The Morgan fingerprint density at radius 2 is 2.20 bits per heavy atom. The Morgan fingerprint density at radius 1 is 2.00 bits per heavy atom. The SMILES string of the molecule is C=C1CC1O. The van der Waals surface area contributed by atoms with Gasteiger partial charge >= 0.3 is 0 Å². The minimum absolute atomic E-state index is 0.144. The van der Waals surface area contributed by atoms with Crippen molar-refractivity contribution < 1.29 is 5.11 Å². The van der Waals surface area contributed by atoms with E-state index in [1.807, 2.05) is 0 Å². The third kappa shape index (κ3) is 0.329. The lowest BCUT2D eigenvalue weighted by Crippen LogP contribution is -1.68. The van der Waals surface area contributed by atoms with E-state index in [4.69, 9.17) is 5.11 Å². The molecule has 1 nitrogen and oxygen atoms in total. The van der Waals surface area contributed by atoms with Gasteiger partial charge in [-0.05, 0) is 5.57 Å². The van der Waals surface area contributed by atoms with Crippen molar-refractivity contribution in [1.82, 2.24) is 0 Å². The quantitative estimate of drug-likeness (QED) is 0.406. The van der Waals surface area contributed by atoms with Gasteiger partial charge in [0, 0.05) is 6.42 Å². The summed E-state index contributed by atoms with van der Waals surface area (Å²) in [4.78, 5) is 0. The summed E-state index contributed by atoms with van der Waals surface area (Å²) in [6.07, 6.45) is 0.690. The van der Waals surface area contributed by atoms with Crippen LogP contribution in [0, 0.1) is 0 Å². The lowest BCUT2D eigenvalue weighted by atomic mass is 10.7. The van der Waals surface area contributed by atoms with Gasteiger partial charge < -0.3 is 5.11 Å². The van der Waals surface area contributed by atoms with Crippen LogP contribution in [0.2, 0.25) is 0 Å². The highest BCUT2D eigenvalue weighted by atomic mass is 16.3. The summed E-state index contributed by atoms with van der Waals surface area (Å²) in [5, 5.41) is 8.34. The lowest BCUT2D eigenvalue weighted by molar-refractivity contribution is 0.291. The van der Waals surface area contributed by atoms with Gasteiger partial charge in [-0.15, -0.1) is 0 Å². The van der Waals surface area contributed by atoms with E-state index in [0.29, 0.717) is 0 Å². The van der Waals surface area contributed by atoms with Gasteiger partial charge in [-0.25, -0.2) is 0 Å². The fraction of sp³-hybridized carbons (Fsp3) is 0.500. The molecule has 0 heterocycles. The minimum Gasteiger partial charge on any atom is -0.388 e. The minimum atomic E-state index is -0.144. The van der Waals surface area contributed by atoms with Crippen molar-refractivity contribution in [3.05, 3.63) is 12.2 Å². The molecule has 1 heteroatoms. The molecule has 1 N–H and O–H groups in total. The molecule has 1 atom stereocenters. The average Bonchev–Trinajstić information content (AvgIpc) is 1.79. The van der Waals surface area contributed by atoms with Crippen LogP contribution in [0.1, 0.15) is 6.42 Å². The second-order valence-corrected chi connectivity index (χ2v) is 1.38. The van der Waals surface area contributed by atoms with Gasteiger partial charge in [-0.3, -0.25) is 0 Å². The summed E-state index contributed by atoms with van der Waals surface area (Å²) >= 11 is 0. The molecule has 0 saturated heterocycles. The first-order valence-electron chi connectivity index (χ1n) is 1.66. The summed E-state index contributed by atoms with van der Waals surface area (Å²) in [7, 11) is 0. The van der Waals surface area contributed by atoms with E-state index in [9.17, 15) is 0 Å². The fourth-order valence-corrected chi connectivity index (χ4v) is 0.189. The highest BCUT2D eigenvalue weighted by Crippen LogP contribution is 2.25. The summed E-state index contributed by atoms with van der Waals surface area (Å²) < 4.78 is 0. The van der Waals surface area contributed by atoms with Crippen molar-refractivity contribution in [1.29, 1.82) is 0 Å². The lowest BCUT2D eigenvalue weighted by Gasteiger charge is -1.60. The first-order valence-corrected chi connectivity index (χ1v) is 1.66. The predicted octanol–water partition coefficient (Wildman–Crippen LogP) is 0.307. The molecule has 0 radical (unpaired) electrons. The molecule has 1 aliphatic rings. The molecule has 1 fully saturated rings. The Balaban J connectivity index is 2.47. The maximum Gasteiger partial charge on any atom is 0.0786 e. The monoisotopic (exact) mass is 70.0 g/mol. The molecule has 5 heavy (non-hydrogen) atoms. The highest BCUT2D eigenvalue weighted by Gasteiger charge is 2.22. The molecule has 1 saturated carbocycles. The van der Waals surface area contributed by atoms with Crippen LogP contribution in [0.25, 0.3) is 0 Å². The van der Waals surface area contributed by atoms with E-state index in [1.165, 1.54) is 0 Å². The van der Waals surface area contributed by atoms with E-state index in [2.05, 4.69) is 6.58 Å². The van der Waals surface area contributed by atoms with Crippen molar-refractivity contribution in [3.8, 4) is 0 Å². The second-order valence-electron chi connectivity index (χ2n) is 1.38. The first-order chi connectivity index (χ1) is 2.30. The Hall–Kier alpha value is -0.300. The van der Waals surface area contributed by atoms with Gasteiger partial charge in [0.15, 0.2) is 0 Å². The van der Waals surface area contributed by atoms with Crippen LogP contribution >= 0.6 is 0 Å². The van der Waals surface area contributed by atoms with Gasteiger partial charge in [0.1, 0.15) is 0 Å². The maximum atomic E-state index is 8.34. The summed E-state index contributed by atoms with van der Waals surface area (Å²) in [6, 6.07) is 0. The molecule has 1 aliphatic carbocycles. The molecule has 0 aromatic rings. The van der Waals surface area contributed by atoms with Crippen LogP contribution in [-0.2, 0) is 0 Å². The third-order valence-corrected chi connectivity index (χ3v) is 0.767. The Bertz CT molecular complexity index is 66.0. The maximum absolute atomic E-state index is 8.34. The molecular weight excluding hydrogens is 64.0 g/mol. The molecule has 0 aromatic carbocycles. The summed E-state index contributed by atoms with van der Waals surface area (Å²) in [6.45, 7) is 3.50. The molecule has 0 spiro atoms. The molecule has 0 bridgehead atoms. The number of hydrogen-bond acceptors (Lipinski definition) is 1.